The number of hydrogen-bond donors (Lipinski definition) is 0. The van der Waals surface area contributed by atoms with Gasteiger partial charge in [-0.05, 0) is 50.5 Å². The van der Waals surface area contributed by atoms with Gasteiger partial charge in [-0.15, -0.1) is 0 Å². The normalized spacial score (nSPS) is 9.88. The van der Waals surface area contributed by atoms with Gasteiger partial charge >= 0.3 is 0 Å². The van der Waals surface area contributed by atoms with E-state index in [1.807, 2.05) is 13.8 Å². The lowest BCUT2D eigenvalue weighted by Gasteiger charge is -2.08. The summed E-state index contributed by atoms with van der Waals surface area (Å²) in [4.78, 5) is 4.60. The summed E-state index contributed by atoms with van der Waals surface area (Å²) < 4.78 is 0. The standard InChI is InChI=1S/C13H15N.C2H6/c1-8-5-6-12-10(3)9(2)11(4)14-13(12)7-8;1-2/h5-7H,1-4H3;1-2H3. The molecule has 1 heteroatoms. The van der Waals surface area contributed by atoms with Gasteiger partial charge in [-0.3, -0.25) is 4.98 Å². The van der Waals surface area contributed by atoms with Crippen molar-refractivity contribution in [3.63, 3.8) is 0 Å². The number of fused-ring (bicyclic) bond motifs is 1. The highest BCUT2D eigenvalue weighted by molar-refractivity contribution is 5.83. The van der Waals surface area contributed by atoms with Gasteiger partial charge in [-0.25, -0.2) is 0 Å². The van der Waals surface area contributed by atoms with E-state index in [9.17, 15) is 0 Å². The smallest absolute Gasteiger partial charge is 0.0710 e. The van der Waals surface area contributed by atoms with E-state index in [2.05, 4.69) is 50.9 Å². The minimum atomic E-state index is 1.12. The number of aryl methyl sites for hydroxylation is 3. The second-order valence-corrected chi connectivity index (χ2v) is 3.97. The van der Waals surface area contributed by atoms with E-state index in [0.29, 0.717) is 0 Å². The number of hydrogen-bond acceptors (Lipinski definition) is 1. The third-order valence-electron chi connectivity index (χ3n) is 2.95. The third kappa shape index (κ3) is 2.24. The van der Waals surface area contributed by atoms with Gasteiger partial charge in [0.15, 0.2) is 0 Å². The van der Waals surface area contributed by atoms with Crippen LogP contribution in [0, 0.1) is 27.7 Å². The average molecular weight is 215 g/mol. The van der Waals surface area contributed by atoms with Crippen molar-refractivity contribution in [2.75, 3.05) is 0 Å². The molecule has 0 saturated heterocycles. The molecular weight excluding hydrogens is 194 g/mol. The van der Waals surface area contributed by atoms with Crippen molar-refractivity contribution in [3.8, 4) is 0 Å². The topological polar surface area (TPSA) is 12.9 Å². The fourth-order valence-electron chi connectivity index (χ4n) is 1.79. The van der Waals surface area contributed by atoms with E-state index in [1.165, 1.54) is 22.1 Å². The van der Waals surface area contributed by atoms with Crippen molar-refractivity contribution in [1.82, 2.24) is 4.98 Å². The Morgan fingerprint density at radius 3 is 2.12 bits per heavy atom. The van der Waals surface area contributed by atoms with E-state index < -0.39 is 0 Å². The maximum Gasteiger partial charge on any atom is 0.0710 e. The molecule has 0 amide bonds. The molecule has 0 aliphatic carbocycles. The van der Waals surface area contributed by atoms with Gasteiger partial charge in [0.25, 0.3) is 0 Å². The predicted molar refractivity (Wildman–Crippen MR) is 72.0 cm³/mol. The van der Waals surface area contributed by atoms with Gasteiger partial charge < -0.3 is 0 Å². The van der Waals surface area contributed by atoms with Crippen molar-refractivity contribution in [2.24, 2.45) is 0 Å². The molecule has 2 aromatic rings. The zero-order valence-electron chi connectivity index (χ0n) is 11.2. The molecule has 0 saturated carbocycles. The first kappa shape index (κ1) is 12.7. The zero-order valence-corrected chi connectivity index (χ0v) is 11.2. The van der Waals surface area contributed by atoms with Crippen LogP contribution in [0.1, 0.15) is 36.2 Å². The van der Waals surface area contributed by atoms with Gasteiger partial charge in [-0.2, -0.15) is 0 Å². The summed E-state index contributed by atoms with van der Waals surface area (Å²) in [6, 6.07) is 6.46. The van der Waals surface area contributed by atoms with Crippen molar-refractivity contribution >= 4 is 10.9 Å². The zero-order chi connectivity index (χ0) is 12.3. The van der Waals surface area contributed by atoms with E-state index in [0.717, 1.165) is 11.2 Å². The van der Waals surface area contributed by atoms with Crippen LogP contribution in [-0.4, -0.2) is 4.98 Å². The van der Waals surface area contributed by atoms with Crippen LogP contribution in [0.25, 0.3) is 10.9 Å². The van der Waals surface area contributed by atoms with Gasteiger partial charge in [0.1, 0.15) is 0 Å². The number of pyridine rings is 1. The van der Waals surface area contributed by atoms with Crippen molar-refractivity contribution in [1.29, 1.82) is 0 Å². The highest BCUT2D eigenvalue weighted by atomic mass is 14.7. The van der Waals surface area contributed by atoms with E-state index in [4.69, 9.17) is 0 Å². The van der Waals surface area contributed by atoms with Crippen molar-refractivity contribution in [3.05, 3.63) is 40.6 Å². The van der Waals surface area contributed by atoms with Crippen LogP contribution >= 0.6 is 0 Å². The van der Waals surface area contributed by atoms with Crippen LogP contribution in [0.3, 0.4) is 0 Å². The Balaban J connectivity index is 0.000000606. The van der Waals surface area contributed by atoms with Gasteiger partial charge in [0.2, 0.25) is 0 Å². The molecule has 0 radical (unpaired) electrons. The minimum Gasteiger partial charge on any atom is -0.253 e. The summed E-state index contributed by atoms with van der Waals surface area (Å²) in [6.07, 6.45) is 0. The maximum absolute atomic E-state index is 4.60. The van der Waals surface area contributed by atoms with Gasteiger partial charge in [0.05, 0.1) is 5.52 Å². The summed E-state index contributed by atoms with van der Waals surface area (Å²) in [5.74, 6) is 0. The molecular formula is C15H21N. The molecule has 0 bridgehead atoms. The molecule has 1 nitrogen and oxygen atoms in total. The Labute approximate surface area is 98.5 Å². The molecule has 0 spiro atoms. The molecule has 0 aliphatic rings. The van der Waals surface area contributed by atoms with Crippen LogP contribution in [0.15, 0.2) is 18.2 Å². The van der Waals surface area contributed by atoms with Crippen LogP contribution in [0.4, 0.5) is 0 Å². The molecule has 1 heterocycles. The van der Waals surface area contributed by atoms with Gasteiger partial charge in [0, 0.05) is 11.1 Å². The highest BCUT2D eigenvalue weighted by Gasteiger charge is 2.04. The SMILES string of the molecule is CC.Cc1ccc2c(C)c(C)c(C)nc2c1. The van der Waals surface area contributed by atoms with E-state index in [1.54, 1.807) is 0 Å². The second-order valence-electron chi connectivity index (χ2n) is 3.97. The molecule has 0 fully saturated rings. The van der Waals surface area contributed by atoms with Crippen molar-refractivity contribution in [2.45, 2.75) is 41.5 Å². The lowest BCUT2D eigenvalue weighted by Crippen LogP contribution is -1.93. The Bertz CT molecular complexity index is 498. The highest BCUT2D eigenvalue weighted by Crippen LogP contribution is 2.22. The van der Waals surface area contributed by atoms with E-state index in [-0.39, 0.29) is 0 Å². The lowest BCUT2D eigenvalue weighted by atomic mass is 10.0. The summed E-state index contributed by atoms with van der Waals surface area (Å²) in [6.45, 7) is 12.5. The van der Waals surface area contributed by atoms with Crippen LogP contribution < -0.4 is 0 Å². The van der Waals surface area contributed by atoms with E-state index >= 15 is 0 Å². The van der Waals surface area contributed by atoms with Crippen LogP contribution in [0.5, 0.6) is 0 Å². The number of nitrogens with zero attached hydrogens (tertiary/aromatic N) is 1. The molecule has 86 valence electrons. The monoisotopic (exact) mass is 215 g/mol. The Morgan fingerprint density at radius 1 is 0.875 bits per heavy atom. The Morgan fingerprint density at radius 2 is 1.50 bits per heavy atom. The first-order chi connectivity index (χ1) is 7.59. The molecule has 16 heavy (non-hydrogen) atoms. The summed E-state index contributed by atoms with van der Waals surface area (Å²) >= 11 is 0. The fraction of sp³-hybridized carbons (Fsp3) is 0.400. The third-order valence-corrected chi connectivity index (χ3v) is 2.95. The fourth-order valence-corrected chi connectivity index (χ4v) is 1.79. The molecule has 0 N–H and O–H groups in total. The number of aromatic nitrogens is 1. The largest absolute Gasteiger partial charge is 0.253 e. The summed E-state index contributed by atoms with van der Waals surface area (Å²) in [5, 5.41) is 1.28. The number of rotatable bonds is 0. The Hall–Kier alpha value is -1.37. The molecule has 0 atom stereocenters. The van der Waals surface area contributed by atoms with Crippen LogP contribution in [0.2, 0.25) is 0 Å². The second kappa shape index (κ2) is 5.11. The predicted octanol–water partition coefficient (Wildman–Crippen LogP) is 4.49. The number of benzene rings is 1. The molecule has 1 aromatic heterocycles. The lowest BCUT2D eigenvalue weighted by molar-refractivity contribution is 1.16. The van der Waals surface area contributed by atoms with Crippen LogP contribution in [-0.2, 0) is 0 Å². The minimum absolute atomic E-state index is 1.12. The first-order valence-corrected chi connectivity index (χ1v) is 5.94. The molecule has 2 rings (SSSR count). The summed E-state index contributed by atoms with van der Waals surface area (Å²) in [5.41, 5.74) is 6.19. The Kier molecular flexibility index (Phi) is 4.05. The maximum atomic E-state index is 4.60. The molecule has 0 aliphatic heterocycles. The molecule has 1 aromatic carbocycles. The quantitative estimate of drug-likeness (QED) is 0.630. The average Bonchev–Trinajstić information content (AvgIpc) is 2.28. The first-order valence-electron chi connectivity index (χ1n) is 5.94. The molecule has 0 unspecified atom stereocenters. The van der Waals surface area contributed by atoms with Gasteiger partial charge in [-0.1, -0.05) is 26.0 Å². The summed E-state index contributed by atoms with van der Waals surface area (Å²) in [7, 11) is 0. The van der Waals surface area contributed by atoms with Crippen molar-refractivity contribution < 1.29 is 0 Å².